The topological polar surface area (TPSA) is 12.0 Å². The molecule has 0 saturated heterocycles. The molecule has 0 saturated carbocycles. The molecule has 2 unspecified atom stereocenters. The van der Waals surface area contributed by atoms with Crippen LogP contribution >= 0.6 is 27.7 Å². The fraction of sp³-hybridized carbons (Fsp3) is 0.571. The lowest BCUT2D eigenvalue weighted by molar-refractivity contribution is 0.494. The third kappa shape index (κ3) is 3.09. The molecule has 0 fully saturated rings. The Kier molecular flexibility index (Phi) is 5.10. The van der Waals surface area contributed by atoms with E-state index in [0.29, 0.717) is 5.25 Å². The second-order valence-corrected chi connectivity index (χ2v) is 7.07. The van der Waals surface area contributed by atoms with Crippen LogP contribution in [0.15, 0.2) is 16.6 Å². The van der Waals surface area contributed by atoms with Crippen LogP contribution < -0.4 is 5.32 Å². The van der Waals surface area contributed by atoms with E-state index in [-0.39, 0.29) is 11.9 Å². The van der Waals surface area contributed by atoms with Crippen LogP contribution in [0.25, 0.3) is 0 Å². The van der Waals surface area contributed by atoms with E-state index < -0.39 is 0 Å². The van der Waals surface area contributed by atoms with Gasteiger partial charge in [0.2, 0.25) is 0 Å². The highest BCUT2D eigenvalue weighted by Crippen LogP contribution is 2.39. The molecule has 18 heavy (non-hydrogen) atoms. The zero-order chi connectivity index (χ0) is 13.1. The molecule has 1 aliphatic rings. The monoisotopic (exact) mass is 331 g/mol. The zero-order valence-corrected chi connectivity index (χ0v) is 13.2. The molecule has 1 nitrogen and oxygen atoms in total. The summed E-state index contributed by atoms with van der Waals surface area (Å²) in [7, 11) is 0. The first-order chi connectivity index (χ1) is 8.63. The van der Waals surface area contributed by atoms with Gasteiger partial charge >= 0.3 is 0 Å². The molecular weight excluding hydrogens is 313 g/mol. The van der Waals surface area contributed by atoms with Crippen LogP contribution in [-0.2, 0) is 5.75 Å². The minimum absolute atomic E-state index is 0.0712. The minimum Gasteiger partial charge on any atom is -0.310 e. The van der Waals surface area contributed by atoms with Crippen LogP contribution in [0.5, 0.6) is 0 Å². The van der Waals surface area contributed by atoms with E-state index in [0.717, 1.165) is 40.7 Å². The molecule has 0 amide bonds. The Bertz CT molecular complexity index is 425. The summed E-state index contributed by atoms with van der Waals surface area (Å²) in [6, 6.07) is 3.65. The second kappa shape index (κ2) is 6.40. The number of thioether (sulfide) groups is 1. The maximum atomic E-state index is 14.0. The van der Waals surface area contributed by atoms with Crippen LogP contribution in [0.3, 0.4) is 0 Å². The van der Waals surface area contributed by atoms with Gasteiger partial charge in [0, 0.05) is 27.1 Å². The molecule has 1 aliphatic heterocycles. The summed E-state index contributed by atoms with van der Waals surface area (Å²) in [5.41, 5.74) is 1.99. The number of halogens is 2. The van der Waals surface area contributed by atoms with Crippen LogP contribution in [-0.4, -0.2) is 11.8 Å². The molecule has 2 atom stereocenters. The van der Waals surface area contributed by atoms with Crippen molar-refractivity contribution < 1.29 is 4.39 Å². The Balaban J connectivity index is 2.39. The largest absolute Gasteiger partial charge is 0.310 e. The predicted octanol–water partition coefficient (Wildman–Crippen LogP) is 4.65. The number of nitrogens with one attached hydrogen (secondary N) is 1. The molecule has 1 N–H and O–H groups in total. The molecule has 1 aromatic carbocycles. The third-order valence-electron chi connectivity index (χ3n) is 3.32. The first-order valence-electron chi connectivity index (χ1n) is 6.45. The highest BCUT2D eigenvalue weighted by Gasteiger charge is 2.26. The lowest BCUT2D eigenvalue weighted by Gasteiger charge is -2.22. The van der Waals surface area contributed by atoms with Crippen molar-refractivity contribution in [2.45, 2.75) is 43.7 Å². The number of rotatable bonds is 3. The summed E-state index contributed by atoms with van der Waals surface area (Å²) >= 11 is 5.43. The molecule has 0 radical (unpaired) electrons. The maximum Gasteiger partial charge on any atom is 0.127 e. The SMILES string of the molecule is CCCNC1CC(C)SCc2c(F)ccc(Br)c21. The summed E-state index contributed by atoms with van der Waals surface area (Å²) in [4.78, 5) is 0. The Morgan fingerprint density at radius 3 is 3.00 bits per heavy atom. The van der Waals surface area contributed by atoms with Gasteiger partial charge in [0.05, 0.1) is 0 Å². The molecule has 0 aliphatic carbocycles. The molecule has 1 heterocycles. The normalized spacial score (nSPS) is 23.6. The van der Waals surface area contributed by atoms with Crippen molar-refractivity contribution in [3.8, 4) is 0 Å². The molecule has 0 aromatic heterocycles. The van der Waals surface area contributed by atoms with Crippen LogP contribution in [0.2, 0.25) is 0 Å². The van der Waals surface area contributed by atoms with E-state index >= 15 is 0 Å². The minimum atomic E-state index is -0.0712. The number of fused-ring (bicyclic) bond motifs is 1. The van der Waals surface area contributed by atoms with Crippen molar-refractivity contribution >= 4 is 27.7 Å². The van der Waals surface area contributed by atoms with Gasteiger partial charge in [-0.05, 0) is 37.1 Å². The van der Waals surface area contributed by atoms with E-state index in [1.165, 1.54) is 0 Å². The Hall–Kier alpha value is -0.0600. The maximum absolute atomic E-state index is 14.0. The molecule has 0 bridgehead atoms. The van der Waals surface area contributed by atoms with Crippen molar-refractivity contribution in [3.63, 3.8) is 0 Å². The summed E-state index contributed by atoms with van der Waals surface area (Å²) < 4.78 is 15.0. The Morgan fingerprint density at radius 1 is 1.50 bits per heavy atom. The van der Waals surface area contributed by atoms with Gasteiger partial charge in [0.15, 0.2) is 0 Å². The first-order valence-corrected chi connectivity index (χ1v) is 8.29. The zero-order valence-electron chi connectivity index (χ0n) is 10.8. The second-order valence-electron chi connectivity index (χ2n) is 4.79. The van der Waals surface area contributed by atoms with Gasteiger partial charge in [-0.1, -0.05) is 29.8 Å². The molecule has 0 spiro atoms. The molecule has 2 rings (SSSR count). The van der Waals surface area contributed by atoms with Crippen molar-refractivity contribution in [3.05, 3.63) is 33.5 Å². The van der Waals surface area contributed by atoms with Crippen molar-refractivity contribution in [1.82, 2.24) is 5.32 Å². The molecular formula is C14H19BrFNS. The quantitative estimate of drug-likeness (QED) is 0.864. The lowest BCUT2D eigenvalue weighted by Crippen LogP contribution is -2.25. The Labute approximate surface area is 121 Å². The van der Waals surface area contributed by atoms with Gasteiger partial charge in [-0.2, -0.15) is 11.8 Å². The van der Waals surface area contributed by atoms with Gasteiger partial charge < -0.3 is 5.32 Å². The third-order valence-corrected chi connectivity index (χ3v) is 5.22. The van der Waals surface area contributed by atoms with E-state index in [4.69, 9.17) is 0 Å². The van der Waals surface area contributed by atoms with Gasteiger partial charge in [-0.15, -0.1) is 0 Å². The highest BCUT2D eigenvalue weighted by atomic mass is 79.9. The summed E-state index contributed by atoms with van der Waals surface area (Å²) in [5.74, 6) is 0.699. The van der Waals surface area contributed by atoms with Gasteiger partial charge in [0.25, 0.3) is 0 Å². The molecule has 4 heteroatoms. The number of hydrogen-bond acceptors (Lipinski definition) is 2. The smallest absolute Gasteiger partial charge is 0.127 e. The van der Waals surface area contributed by atoms with Gasteiger partial charge in [-0.25, -0.2) is 4.39 Å². The molecule has 1 aromatic rings. The van der Waals surface area contributed by atoms with Crippen LogP contribution in [0, 0.1) is 5.82 Å². The number of hydrogen-bond donors (Lipinski definition) is 1. The molecule has 100 valence electrons. The average molecular weight is 332 g/mol. The summed E-state index contributed by atoms with van der Waals surface area (Å²) in [5, 5.41) is 4.11. The lowest BCUT2D eigenvalue weighted by atomic mass is 9.97. The fourth-order valence-corrected chi connectivity index (χ4v) is 4.10. The summed E-state index contributed by atoms with van der Waals surface area (Å²) in [6.45, 7) is 5.36. The van der Waals surface area contributed by atoms with Gasteiger partial charge in [-0.3, -0.25) is 0 Å². The highest BCUT2D eigenvalue weighted by molar-refractivity contribution is 9.10. The van der Waals surface area contributed by atoms with E-state index in [1.54, 1.807) is 6.07 Å². The van der Waals surface area contributed by atoms with Crippen molar-refractivity contribution in [1.29, 1.82) is 0 Å². The van der Waals surface area contributed by atoms with E-state index in [1.807, 2.05) is 17.8 Å². The average Bonchev–Trinajstić information content (AvgIpc) is 2.51. The Morgan fingerprint density at radius 2 is 2.28 bits per heavy atom. The van der Waals surface area contributed by atoms with Crippen LogP contribution in [0.4, 0.5) is 4.39 Å². The van der Waals surface area contributed by atoms with Crippen molar-refractivity contribution in [2.75, 3.05) is 6.54 Å². The van der Waals surface area contributed by atoms with Crippen LogP contribution in [0.1, 0.15) is 43.9 Å². The number of benzene rings is 1. The van der Waals surface area contributed by atoms with Gasteiger partial charge in [0.1, 0.15) is 5.82 Å². The van der Waals surface area contributed by atoms with E-state index in [2.05, 4.69) is 35.1 Å². The fourth-order valence-electron chi connectivity index (χ4n) is 2.38. The predicted molar refractivity (Wildman–Crippen MR) is 80.5 cm³/mol. The standard InChI is InChI=1S/C14H19BrFNS/c1-3-6-17-13-7-9(2)18-8-10-12(16)5-4-11(15)14(10)13/h4-5,9,13,17H,3,6-8H2,1-2H3. The summed E-state index contributed by atoms with van der Waals surface area (Å²) in [6.07, 6.45) is 2.15. The van der Waals surface area contributed by atoms with Crippen molar-refractivity contribution in [2.24, 2.45) is 0 Å². The first kappa shape index (κ1) is 14.4. The van der Waals surface area contributed by atoms with E-state index in [9.17, 15) is 4.39 Å².